The van der Waals surface area contributed by atoms with Gasteiger partial charge in [0.25, 0.3) is 0 Å². The largest absolute Gasteiger partial charge is 0.433 e. The number of halogens is 3. The van der Waals surface area contributed by atoms with E-state index in [1.54, 1.807) is 6.20 Å². The monoisotopic (exact) mass is 281 g/mol. The van der Waals surface area contributed by atoms with Crippen molar-refractivity contribution in [3.05, 3.63) is 41.5 Å². The summed E-state index contributed by atoms with van der Waals surface area (Å²) in [5, 5.41) is 9.75. The Kier molecular flexibility index (Phi) is 2.93. The van der Waals surface area contributed by atoms with Gasteiger partial charge >= 0.3 is 6.18 Å². The average molecular weight is 281 g/mol. The summed E-state index contributed by atoms with van der Waals surface area (Å²) in [5.41, 5.74) is 0.584. The maximum Gasteiger partial charge on any atom is 0.433 e. The Hall–Kier alpha value is -2.02. The molecule has 0 aliphatic heterocycles. The van der Waals surface area contributed by atoms with Gasteiger partial charge in [0.1, 0.15) is 5.69 Å². The van der Waals surface area contributed by atoms with E-state index < -0.39 is 18.0 Å². The van der Waals surface area contributed by atoms with E-state index in [0.29, 0.717) is 18.5 Å². The lowest BCUT2D eigenvalue weighted by Crippen LogP contribution is -2.08. The van der Waals surface area contributed by atoms with E-state index in [4.69, 9.17) is 0 Å². The van der Waals surface area contributed by atoms with Gasteiger partial charge in [-0.2, -0.15) is 13.2 Å². The van der Waals surface area contributed by atoms with E-state index in [0.717, 1.165) is 17.8 Å². The van der Waals surface area contributed by atoms with Crippen LogP contribution in [0.15, 0.2) is 24.5 Å². The number of alkyl halides is 3. The van der Waals surface area contributed by atoms with Crippen LogP contribution in [-0.2, 0) is 12.6 Å². The Labute approximate surface area is 112 Å². The Morgan fingerprint density at radius 1 is 1.25 bits per heavy atom. The number of pyridine rings is 1. The minimum atomic E-state index is -4.51. The minimum absolute atomic E-state index is 0.164. The zero-order valence-electron chi connectivity index (χ0n) is 10.2. The molecule has 0 spiro atoms. The number of rotatable bonds is 1. The van der Waals surface area contributed by atoms with Crippen LogP contribution in [0.5, 0.6) is 0 Å². The van der Waals surface area contributed by atoms with Crippen molar-refractivity contribution in [2.45, 2.75) is 25.1 Å². The van der Waals surface area contributed by atoms with Gasteiger partial charge in [0.05, 0.1) is 11.8 Å². The van der Waals surface area contributed by atoms with Crippen LogP contribution in [0, 0.1) is 0 Å². The lowest BCUT2D eigenvalue weighted by atomic mass is 10.2. The summed E-state index contributed by atoms with van der Waals surface area (Å²) >= 11 is 0. The molecule has 0 saturated heterocycles. The normalized spacial score (nSPS) is 18.1. The first-order valence-corrected chi connectivity index (χ1v) is 6.02. The van der Waals surface area contributed by atoms with E-state index in [2.05, 4.69) is 15.0 Å². The molecule has 0 saturated carbocycles. The fourth-order valence-electron chi connectivity index (χ4n) is 2.19. The summed E-state index contributed by atoms with van der Waals surface area (Å²) in [4.78, 5) is 11.5. The third-order valence-corrected chi connectivity index (χ3v) is 3.21. The number of aliphatic hydroxyl groups is 1. The van der Waals surface area contributed by atoms with E-state index in [9.17, 15) is 18.3 Å². The van der Waals surface area contributed by atoms with Crippen LogP contribution in [0.3, 0.4) is 0 Å². The maximum absolute atomic E-state index is 12.6. The van der Waals surface area contributed by atoms with Crippen molar-refractivity contribution in [1.82, 2.24) is 15.0 Å². The highest BCUT2D eigenvalue weighted by atomic mass is 19.4. The molecule has 20 heavy (non-hydrogen) atoms. The number of aromatic nitrogens is 3. The van der Waals surface area contributed by atoms with Crippen molar-refractivity contribution in [2.24, 2.45) is 0 Å². The predicted molar refractivity (Wildman–Crippen MR) is 63.5 cm³/mol. The zero-order valence-corrected chi connectivity index (χ0v) is 10.2. The third-order valence-electron chi connectivity index (χ3n) is 3.21. The van der Waals surface area contributed by atoms with Gasteiger partial charge in [0.15, 0.2) is 5.82 Å². The number of fused-ring (bicyclic) bond motifs is 1. The van der Waals surface area contributed by atoms with Gasteiger partial charge < -0.3 is 5.11 Å². The molecule has 1 unspecified atom stereocenters. The second-order valence-corrected chi connectivity index (χ2v) is 4.59. The maximum atomic E-state index is 12.6. The molecule has 7 heteroatoms. The van der Waals surface area contributed by atoms with E-state index in [1.165, 1.54) is 6.07 Å². The van der Waals surface area contributed by atoms with Crippen molar-refractivity contribution in [2.75, 3.05) is 0 Å². The van der Waals surface area contributed by atoms with Gasteiger partial charge in [-0.3, -0.25) is 4.98 Å². The second kappa shape index (κ2) is 4.52. The first-order chi connectivity index (χ1) is 9.45. The van der Waals surface area contributed by atoms with Crippen molar-refractivity contribution in [3.63, 3.8) is 0 Å². The molecule has 3 rings (SSSR count). The minimum Gasteiger partial charge on any atom is -0.387 e. The van der Waals surface area contributed by atoms with E-state index in [-0.39, 0.29) is 11.4 Å². The SMILES string of the molecule is OC1CCc2cnc(-c3ccnc(C(F)(F)F)c3)nc21. The molecule has 1 aliphatic rings. The Balaban J connectivity index is 2.04. The summed E-state index contributed by atoms with van der Waals surface area (Å²) < 4.78 is 37.9. The molecule has 4 nitrogen and oxygen atoms in total. The topological polar surface area (TPSA) is 58.9 Å². The van der Waals surface area contributed by atoms with E-state index in [1.807, 2.05) is 0 Å². The molecule has 2 heterocycles. The molecule has 1 N–H and O–H groups in total. The first-order valence-electron chi connectivity index (χ1n) is 6.02. The number of aryl methyl sites for hydroxylation is 1. The Morgan fingerprint density at radius 3 is 2.80 bits per heavy atom. The van der Waals surface area contributed by atoms with Gasteiger partial charge in [-0.25, -0.2) is 9.97 Å². The zero-order chi connectivity index (χ0) is 14.3. The fourth-order valence-corrected chi connectivity index (χ4v) is 2.19. The molecule has 0 fully saturated rings. The quantitative estimate of drug-likeness (QED) is 0.872. The summed E-state index contributed by atoms with van der Waals surface area (Å²) in [6, 6.07) is 2.32. The molecule has 0 bridgehead atoms. The molecule has 2 aromatic heterocycles. The van der Waals surface area contributed by atoms with Gasteiger partial charge in [-0.15, -0.1) is 0 Å². The van der Waals surface area contributed by atoms with Crippen LogP contribution in [-0.4, -0.2) is 20.1 Å². The predicted octanol–water partition coefficient (Wildman–Crippen LogP) is 2.54. The molecule has 0 amide bonds. The van der Waals surface area contributed by atoms with Crippen molar-refractivity contribution in [3.8, 4) is 11.4 Å². The smallest absolute Gasteiger partial charge is 0.387 e. The van der Waals surface area contributed by atoms with Crippen LogP contribution in [0.25, 0.3) is 11.4 Å². The van der Waals surface area contributed by atoms with Crippen LogP contribution in [0.2, 0.25) is 0 Å². The molecule has 0 aromatic carbocycles. The van der Waals surface area contributed by atoms with E-state index >= 15 is 0 Å². The highest BCUT2D eigenvalue weighted by molar-refractivity contribution is 5.55. The highest BCUT2D eigenvalue weighted by Gasteiger charge is 2.33. The third kappa shape index (κ3) is 2.24. The fraction of sp³-hybridized carbons (Fsp3) is 0.308. The summed E-state index contributed by atoms with van der Waals surface area (Å²) in [7, 11) is 0. The number of hydrogen-bond donors (Lipinski definition) is 1. The molecule has 104 valence electrons. The second-order valence-electron chi connectivity index (χ2n) is 4.59. The van der Waals surface area contributed by atoms with Crippen LogP contribution in [0.1, 0.15) is 29.5 Å². The summed E-state index contributed by atoms with van der Waals surface area (Å²) in [6.07, 6.45) is -1.30. The molecular formula is C13H10F3N3O. The molecule has 1 atom stereocenters. The standard InChI is InChI=1S/C13H10F3N3O/c14-13(15,16)10-5-7(3-4-17-10)12-18-6-8-1-2-9(20)11(8)19-12/h3-6,9,20H,1-2H2. The van der Waals surface area contributed by atoms with Gasteiger partial charge in [-0.05, 0) is 30.5 Å². The lowest BCUT2D eigenvalue weighted by molar-refractivity contribution is -0.141. The van der Waals surface area contributed by atoms with Crippen molar-refractivity contribution >= 4 is 0 Å². The highest BCUT2D eigenvalue weighted by Crippen LogP contribution is 2.32. The van der Waals surface area contributed by atoms with Crippen LogP contribution >= 0.6 is 0 Å². The lowest BCUT2D eigenvalue weighted by Gasteiger charge is -2.08. The Bertz CT molecular complexity index is 658. The van der Waals surface area contributed by atoms with Gasteiger partial charge in [0.2, 0.25) is 0 Å². The summed E-state index contributed by atoms with van der Waals surface area (Å²) in [6.45, 7) is 0. The molecule has 0 radical (unpaired) electrons. The van der Waals surface area contributed by atoms with Crippen LogP contribution in [0.4, 0.5) is 13.2 Å². The molecule has 2 aromatic rings. The first kappa shape index (κ1) is 13.0. The van der Waals surface area contributed by atoms with Gasteiger partial charge in [-0.1, -0.05) is 0 Å². The molecule has 1 aliphatic carbocycles. The van der Waals surface area contributed by atoms with Gasteiger partial charge in [0, 0.05) is 18.0 Å². The average Bonchev–Trinajstić information content (AvgIpc) is 2.79. The Morgan fingerprint density at radius 2 is 2.05 bits per heavy atom. The number of nitrogens with zero attached hydrogens (tertiary/aromatic N) is 3. The number of hydrogen-bond acceptors (Lipinski definition) is 4. The summed E-state index contributed by atoms with van der Waals surface area (Å²) in [5.74, 6) is 0.164. The van der Waals surface area contributed by atoms with Crippen LogP contribution < -0.4 is 0 Å². The number of aliphatic hydroxyl groups excluding tert-OH is 1. The molecular weight excluding hydrogens is 271 g/mol. The van der Waals surface area contributed by atoms with Crippen molar-refractivity contribution < 1.29 is 18.3 Å². The van der Waals surface area contributed by atoms with Crippen molar-refractivity contribution in [1.29, 1.82) is 0 Å².